The molecule has 1 unspecified atom stereocenters. The number of amides is 2. The number of halogens is 2. The zero-order valence-corrected chi connectivity index (χ0v) is 24.2. The lowest BCUT2D eigenvalue weighted by atomic mass is 10.1. The molecule has 0 saturated heterocycles. The van der Waals surface area contributed by atoms with Gasteiger partial charge in [0.1, 0.15) is 6.04 Å². The molecule has 1 aliphatic rings. The minimum atomic E-state index is -3.64. The summed E-state index contributed by atoms with van der Waals surface area (Å²) in [5.41, 5.74) is 1.06. The summed E-state index contributed by atoms with van der Waals surface area (Å²) in [6.07, 6.45) is 1.75. The Morgan fingerprint density at radius 2 is 1.79 bits per heavy atom. The molecule has 0 saturated carbocycles. The number of carbonyl (C=O) groups is 2. The first kappa shape index (κ1) is 29.9. The Balaban J connectivity index is 1.79. The lowest BCUT2D eigenvalue weighted by Crippen LogP contribution is -2.50. The fourth-order valence-electron chi connectivity index (χ4n) is 4.18. The number of anilines is 1. The smallest absolute Gasteiger partial charge is 0.243 e. The van der Waals surface area contributed by atoms with E-state index in [2.05, 4.69) is 5.32 Å². The highest BCUT2D eigenvalue weighted by Crippen LogP contribution is 2.36. The summed E-state index contributed by atoms with van der Waals surface area (Å²) in [5, 5.41) is 3.73. The molecule has 2 amide bonds. The van der Waals surface area contributed by atoms with Crippen LogP contribution < -0.4 is 19.1 Å². The molecular formula is C26H33Cl2N3O6S. The van der Waals surface area contributed by atoms with E-state index < -0.39 is 16.1 Å². The number of ether oxygens (including phenoxy) is 2. The zero-order valence-electron chi connectivity index (χ0n) is 21.9. The molecule has 2 aromatic carbocycles. The number of nitrogens with one attached hydrogen (secondary N) is 1. The molecule has 1 atom stereocenters. The Morgan fingerprint density at radius 3 is 2.42 bits per heavy atom. The molecule has 38 heavy (non-hydrogen) atoms. The van der Waals surface area contributed by atoms with Gasteiger partial charge < -0.3 is 19.7 Å². The predicted molar refractivity (Wildman–Crippen MR) is 148 cm³/mol. The second-order valence-corrected chi connectivity index (χ2v) is 12.1. The van der Waals surface area contributed by atoms with Crippen LogP contribution in [0.25, 0.3) is 0 Å². The normalized spacial score (nSPS) is 13.3. The van der Waals surface area contributed by atoms with Crippen molar-refractivity contribution in [1.29, 1.82) is 0 Å². The van der Waals surface area contributed by atoms with Crippen molar-refractivity contribution in [2.75, 3.05) is 23.9 Å². The van der Waals surface area contributed by atoms with Crippen molar-refractivity contribution in [3.8, 4) is 11.5 Å². The van der Waals surface area contributed by atoms with Crippen molar-refractivity contribution < 1.29 is 27.5 Å². The van der Waals surface area contributed by atoms with Crippen molar-refractivity contribution in [2.45, 2.75) is 58.7 Å². The van der Waals surface area contributed by atoms with Gasteiger partial charge in [-0.05, 0) is 56.5 Å². The predicted octanol–water partition coefficient (Wildman–Crippen LogP) is 4.60. The minimum absolute atomic E-state index is 0.0211. The quantitative estimate of drug-likeness (QED) is 0.390. The Hall–Kier alpha value is -2.69. The van der Waals surface area contributed by atoms with Gasteiger partial charge in [0, 0.05) is 41.7 Å². The highest BCUT2D eigenvalue weighted by Gasteiger charge is 2.30. The van der Waals surface area contributed by atoms with E-state index in [4.69, 9.17) is 32.7 Å². The number of hydrogen-bond acceptors (Lipinski definition) is 6. The lowest BCUT2D eigenvalue weighted by Gasteiger charge is -2.32. The van der Waals surface area contributed by atoms with Crippen LogP contribution in [0.5, 0.6) is 11.5 Å². The first-order valence-electron chi connectivity index (χ1n) is 12.3. The van der Waals surface area contributed by atoms with E-state index in [1.165, 1.54) is 9.21 Å². The Morgan fingerprint density at radius 1 is 1.08 bits per heavy atom. The molecule has 0 aliphatic carbocycles. The fraction of sp³-hybridized carbons (Fsp3) is 0.462. The standard InChI is InChI=1S/C26H33Cl2N3O6S/c1-5-22(26(33)29-17(2)3)30(15-18-8-9-19(27)13-21(18)28)25(32)7-6-12-31(38(4,34)35)20-10-11-23-24(14-20)37-16-36-23/h8-11,13-14,17,22H,5-7,12,15-16H2,1-4H3,(H,29,33). The van der Waals surface area contributed by atoms with Crippen molar-refractivity contribution in [1.82, 2.24) is 10.2 Å². The van der Waals surface area contributed by atoms with Crippen LogP contribution in [-0.4, -0.2) is 56.8 Å². The zero-order chi connectivity index (χ0) is 28.0. The third-order valence-corrected chi connectivity index (χ3v) is 7.75. The Kier molecular flexibility index (Phi) is 10.1. The van der Waals surface area contributed by atoms with Gasteiger partial charge in [0.05, 0.1) is 11.9 Å². The van der Waals surface area contributed by atoms with Gasteiger partial charge in [-0.1, -0.05) is 36.2 Å². The molecular weight excluding hydrogens is 553 g/mol. The molecule has 1 N–H and O–H groups in total. The van der Waals surface area contributed by atoms with Gasteiger partial charge in [0.2, 0.25) is 28.6 Å². The summed E-state index contributed by atoms with van der Waals surface area (Å²) >= 11 is 12.4. The van der Waals surface area contributed by atoms with Crippen molar-refractivity contribution in [3.63, 3.8) is 0 Å². The second kappa shape index (κ2) is 12.9. The molecule has 0 bridgehead atoms. The topological polar surface area (TPSA) is 105 Å². The number of nitrogens with zero attached hydrogens (tertiary/aromatic N) is 2. The molecule has 9 nitrogen and oxygen atoms in total. The molecule has 2 aromatic rings. The lowest BCUT2D eigenvalue weighted by molar-refractivity contribution is -0.141. The summed E-state index contributed by atoms with van der Waals surface area (Å²) in [6.45, 7) is 5.78. The highest BCUT2D eigenvalue weighted by molar-refractivity contribution is 7.92. The van der Waals surface area contributed by atoms with Gasteiger partial charge in [-0.3, -0.25) is 13.9 Å². The molecule has 0 spiro atoms. The Bertz CT molecular complexity index is 1270. The summed E-state index contributed by atoms with van der Waals surface area (Å²) in [6, 6.07) is 9.05. The maximum Gasteiger partial charge on any atom is 0.243 e. The van der Waals surface area contributed by atoms with Crippen molar-refractivity contribution >= 4 is 50.7 Å². The van der Waals surface area contributed by atoms with Gasteiger partial charge in [0.25, 0.3) is 0 Å². The van der Waals surface area contributed by atoms with Crippen LogP contribution in [0.1, 0.15) is 45.6 Å². The molecule has 0 fully saturated rings. The van der Waals surface area contributed by atoms with E-state index in [9.17, 15) is 18.0 Å². The highest BCUT2D eigenvalue weighted by atomic mass is 35.5. The third kappa shape index (κ3) is 7.68. The average Bonchev–Trinajstić information content (AvgIpc) is 3.29. The summed E-state index contributed by atoms with van der Waals surface area (Å²) < 4.78 is 37.1. The van der Waals surface area contributed by atoms with Crippen molar-refractivity contribution in [3.05, 3.63) is 52.0 Å². The molecule has 0 radical (unpaired) electrons. The number of fused-ring (bicyclic) bond motifs is 1. The molecule has 12 heteroatoms. The first-order valence-corrected chi connectivity index (χ1v) is 14.9. The van der Waals surface area contributed by atoms with E-state index in [1.54, 1.807) is 36.4 Å². The number of hydrogen-bond donors (Lipinski definition) is 1. The summed E-state index contributed by atoms with van der Waals surface area (Å²) in [7, 11) is -3.64. The molecule has 1 aliphatic heterocycles. The summed E-state index contributed by atoms with van der Waals surface area (Å²) in [4.78, 5) is 28.0. The number of carbonyl (C=O) groups excluding carboxylic acids is 2. The molecule has 1 heterocycles. The van der Waals surface area contributed by atoms with E-state index in [-0.39, 0.29) is 50.6 Å². The first-order chi connectivity index (χ1) is 17.9. The maximum atomic E-state index is 13.5. The van der Waals surface area contributed by atoms with Crippen molar-refractivity contribution in [2.24, 2.45) is 0 Å². The van der Waals surface area contributed by atoms with E-state index >= 15 is 0 Å². The van der Waals surface area contributed by atoms with Gasteiger partial charge in [-0.25, -0.2) is 8.42 Å². The van der Waals surface area contributed by atoms with Crippen LogP contribution >= 0.6 is 23.2 Å². The van der Waals surface area contributed by atoms with Crippen LogP contribution in [0.15, 0.2) is 36.4 Å². The monoisotopic (exact) mass is 585 g/mol. The van der Waals surface area contributed by atoms with Crippen LogP contribution in [0, 0.1) is 0 Å². The molecule has 3 rings (SSSR count). The third-order valence-electron chi connectivity index (χ3n) is 5.97. The van der Waals surface area contributed by atoms with Gasteiger partial charge in [-0.15, -0.1) is 0 Å². The molecule has 0 aromatic heterocycles. The SMILES string of the molecule is CCC(C(=O)NC(C)C)N(Cc1ccc(Cl)cc1Cl)C(=O)CCCN(c1ccc2c(c1)OCO2)S(C)(=O)=O. The van der Waals surface area contributed by atoms with Gasteiger partial charge in [-0.2, -0.15) is 0 Å². The molecule has 208 valence electrons. The second-order valence-electron chi connectivity index (χ2n) is 9.32. The largest absolute Gasteiger partial charge is 0.454 e. The van der Waals surface area contributed by atoms with E-state index in [0.717, 1.165) is 6.26 Å². The number of rotatable bonds is 12. The fourth-order valence-corrected chi connectivity index (χ4v) is 5.60. The van der Waals surface area contributed by atoms with Gasteiger partial charge >= 0.3 is 0 Å². The average molecular weight is 587 g/mol. The minimum Gasteiger partial charge on any atom is -0.454 e. The van der Waals surface area contributed by atoms with Crippen LogP contribution in [0.3, 0.4) is 0 Å². The van der Waals surface area contributed by atoms with E-state index in [1.807, 2.05) is 20.8 Å². The van der Waals surface area contributed by atoms with Gasteiger partial charge in [0.15, 0.2) is 11.5 Å². The van der Waals surface area contributed by atoms with Crippen LogP contribution in [-0.2, 0) is 26.2 Å². The van der Waals surface area contributed by atoms with E-state index in [0.29, 0.717) is 39.2 Å². The van der Waals surface area contributed by atoms with Crippen LogP contribution in [0.4, 0.5) is 5.69 Å². The Labute approximate surface area is 234 Å². The summed E-state index contributed by atoms with van der Waals surface area (Å²) in [5.74, 6) is 0.444. The maximum absolute atomic E-state index is 13.5. The number of sulfonamides is 1. The number of benzene rings is 2. The van der Waals surface area contributed by atoms with Crippen LogP contribution in [0.2, 0.25) is 10.0 Å².